The lowest BCUT2D eigenvalue weighted by Gasteiger charge is -2.35. The van der Waals surface area contributed by atoms with Crippen molar-refractivity contribution in [2.45, 2.75) is 25.1 Å². The van der Waals surface area contributed by atoms with Gasteiger partial charge >= 0.3 is 6.18 Å². The molecule has 1 aliphatic rings. The minimum Gasteiger partial charge on any atom is -0.369 e. The largest absolute Gasteiger partial charge is 0.416 e. The number of aromatic nitrogens is 2. The van der Waals surface area contributed by atoms with Gasteiger partial charge in [0.25, 0.3) is 0 Å². The lowest BCUT2D eigenvalue weighted by molar-refractivity contribution is -0.137. The van der Waals surface area contributed by atoms with Gasteiger partial charge in [0.1, 0.15) is 5.82 Å². The van der Waals surface area contributed by atoms with E-state index in [0.717, 1.165) is 25.5 Å². The Labute approximate surface area is 142 Å². The summed E-state index contributed by atoms with van der Waals surface area (Å²) in [6.07, 6.45) is -2.53. The predicted octanol–water partition coefficient (Wildman–Crippen LogP) is 4.23. The van der Waals surface area contributed by atoms with Crippen molar-refractivity contribution < 1.29 is 13.2 Å². The normalized spacial score (nSPS) is 18.5. The van der Waals surface area contributed by atoms with Crippen molar-refractivity contribution in [3.63, 3.8) is 0 Å². The van der Waals surface area contributed by atoms with Crippen molar-refractivity contribution in [1.29, 1.82) is 0 Å². The van der Waals surface area contributed by atoms with Gasteiger partial charge in [0.2, 0.25) is 0 Å². The molecule has 4 nitrogen and oxygen atoms in total. The summed E-state index contributed by atoms with van der Waals surface area (Å²) >= 11 is 5.71. The minimum absolute atomic E-state index is 0.0868. The molecule has 3 rings (SSSR count). The smallest absolute Gasteiger partial charge is 0.369 e. The van der Waals surface area contributed by atoms with Gasteiger partial charge in [0, 0.05) is 24.8 Å². The zero-order valence-corrected chi connectivity index (χ0v) is 13.5. The van der Waals surface area contributed by atoms with Crippen LogP contribution in [0.5, 0.6) is 0 Å². The summed E-state index contributed by atoms with van der Waals surface area (Å²) < 4.78 is 38.6. The zero-order valence-electron chi connectivity index (χ0n) is 12.7. The van der Waals surface area contributed by atoms with E-state index >= 15 is 0 Å². The Balaban J connectivity index is 1.70. The average molecular weight is 357 g/mol. The molecule has 1 aromatic carbocycles. The summed E-state index contributed by atoms with van der Waals surface area (Å²) in [6.45, 7) is 1.33. The molecule has 2 aromatic rings. The van der Waals surface area contributed by atoms with E-state index in [-0.39, 0.29) is 6.04 Å². The number of anilines is 2. The van der Waals surface area contributed by atoms with Crippen molar-refractivity contribution in [3.05, 3.63) is 47.1 Å². The molecule has 24 heavy (non-hydrogen) atoms. The van der Waals surface area contributed by atoms with Crippen LogP contribution in [0.25, 0.3) is 0 Å². The van der Waals surface area contributed by atoms with Crippen molar-refractivity contribution in [1.82, 2.24) is 10.2 Å². The van der Waals surface area contributed by atoms with E-state index in [1.807, 2.05) is 4.90 Å². The maximum atomic E-state index is 12.9. The van der Waals surface area contributed by atoms with Gasteiger partial charge in [-0.25, -0.2) is 0 Å². The Morgan fingerprint density at radius 2 is 2.00 bits per heavy atom. The molecule has 0 saturated carbocycles. The Morgan fingerprint density at radius 3 is 2.71 bits per heavy atom. The van der Waals surface area contributed by atoms with Crippen molar-refractivity contribution >= 4 is 23.1 Å². The number of nitrogens with zero attached hydrogens (tertiary/aromatic N) is 3. The van der Waals surface area contributed by atoms with Gasteiger partial charge in [-0.3, -0.25) is 0 Å². The summed E-state index contributed by atoms with van der Waals surface area (Å²) in [4.78, 5) is 1.96. The van der Waals surface area contributed by atoms with Gasteiger partial charge in [0.15, 0.2) is 5.15 Å². The third kappa shape index (κ3) is 4.08. The van der Waals surface area contributed by atoms with E-state index in [2.05, 4.69) is 15.5 Å². The predicted molar refractivity (Wildman–Crippen MR) is 87.3 cm³/mol. The van der Waals surface area contributed by atoms with Crippen LogP contribution in [0, 0.1) is 0 Å². The maximum absolute atomic E-state index is 12.9. The minimum atomic E-state index is -4.33. The number of hydrogen-bond donors (Lipinski definition) is 1. The number of benzene rings is 1. The Bertz CT molecular complexity index is 690. The van der Waals surface area contributed by atoms with Crippen LogP contribution in [-0.4, -0.2) is 29.3 Å². The fourth-order valence-electron chi connectivity index (χ4n) is 2.81. The molecule has 0 amide bonds. The van der Waals surface area contributed by atoms with Crippen LogP contribution in [0.3, 0.4) is 0 Å². The molecule has 1 atom stereocenters. The van der Waals surface area contributed by atoms with Gasteiger partial charge in [0.05, 0.1) is 5.56 Å². The third-order valence-corrected chi connectivity index (χ3v) is 4.15. The highest BCUT2D eigenvalue weighted by atomic mass is 35.5. The Hall–Kier alpha value is -2.02. The van der Waals surface area contributed by atoms with Crippen LogP contribution in [0.1, 0.15) is 18.4 Å². The van der Waals surface area contributed by atoms with Crippen LogP contribution in [-0.2, 0) is 6.18 Å². The van der Waals surface area contributed by atoms with E-state index in [1.54, 1.807) is 18.2 Å². The lowest BCUT2D eigenvalue weighted by atomic mass is 10.0. The Kier molecular flexibility index (Phi) is 4.80. The first kappa shape index (κ1) is 16.8. The Morgan fingerprint density at radius 1 is 1.17 bits per heavy atom. The fraction of sp³-hybridized carbons (Fsp3) is 0.375. The molecule has 128 valence electrons. The van der Waals surface area contributed by atoms with Crippen molar-refractivity contribution in [3.8, 4) is 0 Å². The lowest BCUT2D eigenvalue weighted by Crippen LogP contribution is -2.42. The number of piperidine rings is 1. The second-order valence-corrected chi connectivity index (χ2v) is 6.11. The number of rotatable bonds is 3. The van der Waals surface area contributed by atoms with Crippen LogP contribution < -0.4 is 10.2 Å². The SMILES string of the molecule is FC(F)(F)c1cccc(N2CCCC(Nc3ccc(Cl)nn3)C2)c1. The van der Waals surface area contributed by atoms with E-state index in [0.29, 0.717) is 23.2 Å². The summed E-state index contributed by atoms with van der Waals surface area (Å²) in [7, 11) is 0. The van der Waals surface area contributed by atoms with E-state index in [1.165, 1.54) is 12.1 Å². The molecule has 8 heteroatoms. The first-order valence-corrected chi connectivity index (χ1v) is 7.97. The number of hydrogen-bond acceptors (Lipinski definition) is 4. The van der Waals surface area contributed by atoms with Gasteiger partial charge in [-0.05, 0) is 43.2 Å². The molecule has 0 radical (unpaired) electrons. The standard InChI is InChI=1S/C16H16ClF3N4/c17-14-6-7-15(23-22-14)21-12-4-2-8-24(10-12)13-5-1-3-11(9-13)16(18,19)20/h1,3,5-7,9,12H,2,4,8,10H2,(H,21,23). The van der Waals surface area contributed by atoms with Gasteiger partial charge < -0.3 is 10.2 Å². The fourth-order valence-corrected chi connectivity index (χ4v) is 2.91. The summed E-state index contributed by atoms with van der Waals surface area (Å²) in [5, 5.41) is 11.3. The van der Waals surface area contributed by atoms with Gasteiger partial charge in [-0.2, -0.15) is 13.2 Å². The third-order valence-electron chi connectivity index (χ3n) is 3.94. The molecular formula is C16H16ClF3N4. The second-order valence-electron chi connectivity index (χ2n) is 5.72. The molecule has 1 fully saturated rings. The molecular weight excluding hydrogens is 341 g/mol. The van der Waals surface area contributed by atoms with Gasteiger partial charge in [-0.15, -0.1) is 10.2 Å². The quantitative estimate of drug-likeness (QED) is 0.893. The number of halogens is 4. The monoisotopic (exact) mass is 356 g/mol. The van der Waals surface area contributed by atoms with Crippen molar-refractivity contribution in [2.24, 2.45) is 0 Å². The number of nitrogens with one attached hydrogen (secondary N) is 1. The average Bonchev–Trinajstić information content (AvgIpc) is 2.57. The molecule has 0 aliphatic carbocycles. The maximum Gasteiger partial charge on any atom is 0.416 e. The summed E-state index contributed by atoms with van der Waals surface area (Å²) in [5.74, 6) is 0.607. The molecule has 1 unspecified atom stereocenters. The molecule has 0 spiro atoms. The van der Waals surface area contributed by atoms with Crippen molar-refractivity contribution in [2.75, 3.05) is 23.3 Å². The first-order chi connectivity index (χ1) is 11.4. The molecule has 1 aromatic heterocycles. The zero-order chi connectivity index (χ0) is 17.2. The molecule has 1 aliphatic heterocycles. The number of alkyl halides is 3. The second kappa shape index (κ2) is 6.84. The highest BCUT2D eigenvalue weighted by Crippen LogP contribution is 2.32. The molecule has 1 N–H and O–H groups in total. The van der Waals surface area contributed by atoms with E-state index in [9.17, 15) is 13.2 Å². The van der Waals surface area contributed by atoms with Crippen LogP contribution >= 0.6 is 11.6 Å². The summed E-state index contributed by atoms with van der Waals surface area (Å²) in [6, 6.07) is 8.91. The summed E-state index contributed by atoms with van der Waals surface area (Å²) in [5.41, 5.74) is -0.0443. The van der Waals surface area contributed by atoms with Crippen LogP contribution in [0.15, 0.2) is 36.4 Å². The highest BCUT2D eigenvalue weighted by Gasteiger charge is 2.31. The molecule has 1 saturated heterocycles. The van der Waals surface area contributed by atoms with E-state index < -0.39 is 11.7 Å². The molecule has 0 bridgehead atoms. The first-order valence-electron chi connectivity index (χ1n) is 7.60. The van der Waals surface area contributed by atoms with E-state index in [4.69, 9.17) is 11.6 Å². The topological polar surface area (TPSA) is 41.0 Å². The van der Waals surface area contributed by atoms with Crippen LogP contribution in [0.2, 0.25) is 5.15 Å². The highest BCUT2D eigenvalue weighted by molar-refractivity contribution is 6.29. The molecule has 2 heterocycles. The van der Waals surface area contributed by atoms with Crippen LogP contribution in [0.4, 0.5) is 24.7 Å². The van der Waals surface area contributed by atoms with Gasteiger partial charge in [-0.1, -0.05) is 17.7 Å².